The number of halogens is 4. The van der Waals surface area contributed by atoms with Gasteiger partial charge in [-0.25, -0.2) is 26.4 Å². The predicted octanol–water partition coefficient (Wildman–Crippen LogP) is 5.50. The van der Waals surface area contributed by atoms with E-state index in [9.17, 15) is 21.6 Å². The minimum atomic E-state index is -3.74. The van der Waals surface area contributed by atoms with E-state index in [0.29, 0.717) is 16.1 Å². The Morgan fingerprint density at radius 2 is 1.38 bits per heavy atom. The van der Waals surface area contributed by atoms with E-state index in [4.69, 9.17) is 46.4 Å². The first kappa shape index (κ1) is 31.3. The highest BCUT2D eigenvalue weighted by Crippen LogP contribution is 2.27. The van der Waals surface area contributed by atoms with Crippen LogP contribution in [0.25, 0.3) is 0 Å². The van der Waals surface area contributed by atoms with Crippen LogP contribution in [0.2, 0.25) is 20.1 Å². The summed E-state index contributed by atoms with van der Waals surface area (Å²) in [6, 6.07) is 14.8. The number of nitrogens with one attached hydrogen (secondary N) is 1. The minimum absolute atomic E-state index is 0.0449. The van der Waals surface area contributed by atoms with Gasteiger partial charge in [0.25, 0.3) is 0 Å². The van der Waals surface area contributed by atoms with Crippen LogP contribution < -0.4 is 4.72 Å². The molecule has 0 spiro atoms. The van der Waals surface area contributed by atoms with Crippen molar-refractivity contribution < 1.29 is 26.4 Å². The van der Waals surface area contributed by atoms with Gasteiger partial charge in [-0.1, -0.05) is 58.5 Å². The predicted molar refractivity (Wildman–Crippen MR) is 146 cm³/mol. The molecule has 0 unspecified atom stereocenters. The fourth-order valence-electron chi connectivity index (χ4n) is 2.84. The molecular formula is C23H22Cl4N2O6S2. The average molecular weight is 628 g/mol. The molecule has 0 saturated heterocycles. The number of benzene rings is 3. The maximum absolute atomic E-state index is 12.6. The van der Waals surface area contributed by atoms with Crippen LogP contribution in [0.1, 0.15) is 15.9 Å². The van der Waals surface area contributed by atoms with Crippen LogP contribution in [-0.4, -0.2) is 48.3 Å². The second-order valence-corrected chi connectivity index (χ2v) is 12.9. The first-order valence-electron chi connectivity index (χ1n) is 10.2. The Kier molecular flexibility index (Phi) is 11.2. The molecule has 37 heavy (non-hydrogen) atoms. The van der Waals surface area contributed by atoms with Gasteiger partial charge in [0.1, 0.15) is 0 Å². The number of carbonyl (C=O) groups is 1. The van der Waals surface area contributed by atoms with Gasteiger partial charge in [-0.05, 0) is 61.1 Å². The first-order valence-corrected chi connectivity index (χ1v) is 14.6. The molecule has 0 aliphatic rings. The van der Waals surface area contributed by atoms with E-state index < -0.39 is 26.0 Å². The Morgan fingerprint density at radius 3 is 1.89 bits per heavy atom. The van der Waals surface area contributed by atoms with Crippen molar-refractivity contribution >= 4 is 72.4 Å². The van der Waals surface area contributed by atoms with Gasteiger partial charge in [0.2, 0.25) is 20.0 Å². The van der Waals surface area contributed by atoms with Gasteiger partial charge in [0.05, 0.1) is 42.6 Å². The number of hydrogen-bond acceptors (Lipinski definition) is 6. The summed E-state index contributed by atoms with van der Waals surface area (Å²) in [5.74, 6) is -0.480. The van der Waals surface area contributed by atoms with E-state index in [0.717, 1.165) is 0 Å². The molecule has 0 aliphatic carbocycles. The number of sulfonamides is 2. The molecule has 0 bridgehead atoms. The Labute approximate surface area is 236 Å². The van der Waals surface area contributed by atoms with Crippen molar-refractivity contribution in [3.8, 4) is 0 Å². The monoisotopic (exact) mass is 626 g/mol. The zero-order valence-electron chi connectivity index (χ0n) is 19.7. The SMILES string of the molecule is CNS(=O)(=O)c1ccc(Cl)c(Cl)c1.COC(=O)c1cccc(CN(C)S(=O)(=O)c2ccc(Cl)c(Cl)c2)c1. The molecule has 0 aromatic heterocycles. The molecule has 0 fully saturated rings. The highest BCUT2D eigenvalue weighted by atomic mass is 35.5. The maximum Gasteiger partial charge on any atom is 0.337 e. The van der Waals surface area contributed by atoms with Gasteiger partial charge in [0.15, 0.2) is 0 Å². The van der Waals surface area contributed by atoms with Crippen molar-refractivity contribution in [1.29, 1.82) is 0 Å². The zero-order valence-corrected chi connectivity index (χ0v) is 24.4. The molecule has 1 N–H and O–H groups in total. The maximum atomic E-state index is 12.6. The lowest BCUT2D eigenvalue weighted by atomic mass is 10.1. The average Bonchev–Trinajstić information content (AvgIpc) is 2.87. The van der Waals surface area contributed by atoms with Crippen molar-refractivity contribution in [3.05, 3.63) is 91.9 Å². The summed E-state index contributed by atoms with van der Waals surface area (Å²) in [5.41, 5.74) is 1.01. The van der Waals surface area contributed by atoms with Crippen LogP contribution in [0, 0.1) is 0 Å². The second kappa shape index (κ2) is 13.3. The molecule has 0 aliphatic heterocycles. The van der Waals surface area contributed by atoms with E-state index in [1.807, 2.05) is 0 Å². The zero-order chi connectivity index (χ0) is 28.0. The van der Waals surface area contributed by atoms with Crippen LogP contribution >= 0.6 is 46.4 Å². The summed E-state index contributed by atoms with van der Waals surface area (Å²) in [5, 5.41) is 0.998. The Morgan fingerprint density at radius 1 is 0.838 bits per heavy atom. The molecule has 14 heteroatoms. The normalized spacial score (nSPS) is 11.6. The molecule has 0 atom stereocenters. The molecule has 0 saturated carbocycles. The molecular weight excluding hydrogens is 606 g/mol. The lowest BCUT2D eigenvalue weighted by Gasteiger charge is -2.18. The van der Waals surface area contributed by atoms with Gasteiger partial charge in [0, 0.05) is 13.6 Å². The lowest BCUT2D eigenvalue weighted by molar-refractivity contribution is 0.0600. The van der Waals surface area contributed by atoms with Crippen molar-refractivity contribution in [2.24, 2.45) is 0 Å². The molecule has 3 aromatic rings. The van der Waals surface area contributed by atoms with Crippen LogP contribution in [0.5, 0.6) is 0 Å². The Balaban J connectivity index is 0.000000312. The number of hydrogen-bond donors (Lipinski definition) is 1. The van der Waals surface area contributed by atoms with E-state index in [1.165, 1.54) is 61.9 Å². The van der Waals surface area contributed by atoms with E-state index in [1.54, 1.807) is 24.3 Å². The third-order valence-corrected chi connectivity index (χ3v) is 9.51. The van der Waals surface area contributed by atoms with Crippen molar-refractivity contribution in [2.75, 3.05) is 21.2 Å². The fourth-order valence-corrected chi connectivity index (χ4v) is 5.50. The molecule has 8 nitrogen and oxygen atoms in total. The van der Waals surface area contributed by atoms with Gasteiger partial charge in [-0.15, -0.1) is 0 Å². The summed E-state index contributed by atoms with van der Waals surface area (Å²) in [7, 11) is -3.11. The van der Waals surface area contributed by atoms with E-state index in [-0.39, 0.29) is 31.4 Å². The summed E-state index contributed by atoms with van der Waals surface area (Å²) in [6.07, 6.45) is 0. The second-order valence-electron chi connectivity index (χ2n) is 7.31. The third kappa shape index (κ3) is 8.30. The van der Waals surface area contributed by atoms with E-state index >= 15 is 0 Å². The van der Waals surface area contributed by atoms with E-state index in [2.05, 4.69) is 9.46 Å². The quantitative estimate of drug-likeness (QED) is 0.346. The summed E-state index contributed by atoms with van der Waals surface area (Å²) in [4.78, 5) is 11.7. The number of nitrogens with zero attached hydrogens (tertiary/aromatic N) is 1. The smallest absolute Gasteiger partial charge is 0.337 e. The van der Waals surface area contributed by atoms with Crippen LogP contribution in [0.15, 0.2) is 70.5 Å². The Hall–Kier alpha value is -1.89. The van der Waals surface area contributed by atoms with Gasteiger partial charge in [-0.3, -0.25) is 0 Å². The van der Waals surface area contributed by atoms with Crippen LogP contribution in [0.3, 0.4) is 0 Å². The van der Waals surface area contributed by atoms with Gasteiger partial charge >= 0.3 is 5.97 Å². The summed E-state index contributed by atoms with van der Waals surface area (Å²) in [6.45, 7) is 0.0907. The fraction of sp³-hybridized carbons (Fsp3) is 0.174. The number of methoxy groups -OCH3 is 1. The highest BCUT2D eigenvalue weighted by molar-refractivity contribution is 7.89. The van der Waals surface area contributed by atoms with Gasteiger partial charge in [-0.2, -0.15) is 4.31 Å². The number of esters is 1. The minimum Gasteiger partial charge on any atom is -0.465 e. The summed E-state index contributed by atoms with van der Waals surface area (Å²) >= 11 is 23.0. The standard InChI is InChI=1S/C16H15Cl2NO4S.C7H7Cl2NO2S/c1-19(10-11-4-3-5-12(8-11)16(20)23-2)24(21,22)13-6-7-14(17)15(18)9-13;1-10-13(11,12)5-2-3-6(8)7(9)4-5/h3-9H,10H2,1-2H3;2-4,10H,1H3. The lowest BCUT2D eigenvalue weighted by Crippen LogP contribution is -2.26. The van der Waals surface area contributed by atoms with Crippen LogP contribution in [0.4, 0.5) is 0 Å². The van der Waals surface area contributed by atoms with Crippen LogP contribution in [-0.2, 0) is 31.3 Å². The first-order chi connectivity index (χ1) is 17.2. The highest BCUT2D eigenvalue weighted by Gasteiger charge is 2.22. The van der Waals surface area contributed by atoms with Gasteiger partial charge < -0.3 is 4.74 Å². The Bertz CT molecular complexity index is 1500. The summed E-state index contributed by atoms with van der Waals surface area (Å²) < 4.78 is 55.7. The largest absolute Gasteiger partial charge is 0.465 e. The van der Waals surface area contributed by atoms with Crippen molar-refractivity contribution in [1.82, 2.24) is 9.03 Å². The molecule has 0 amide bonds. The molecule has 3 aromatic carbocycles. The number of carbonyl (C=O) groups excluding carboxylic acids is 1. The number of rotatable bonds is 7. The van der Waals surface area contributed by atoms with Crippen molar-refractivity contribution in [3.63, 3.8) is 0 Å². The topological polar surface area (TPSA) is 110 Å². The molecule has 0 heterocycles. The van der Waals surface area contributed by atoms with Crippen molar-refractivity contribution in [2.45, 2.75) is 16.3 Å². The number of ether oxygens (including phenoxy) is 1. The molecule has 0 radical (unpaired) electrons. The third-order valence-electron chi connectivity index (χ3n) is 4.82. The molecule has 3 rings (SSSR count). The molecule has 200 valence electrons.